The van der Waals surface area contributed by atoms with Crippen molar-refractivity contribution in [3.63, 3.8) is 0 Å². The molecule has 2 unspecified atom stereocenters. The number of hydrogen-bond donors (Lipinski definition) is 1. The molecule has 3 amide bonds. The van der Waals surface area contributed by atoms with Crippen LogP contribution in [-0.4, -0.2) is 39.6 Å². The summed E-state index contributed by atoms with van der Waals surface area (Å²) >= 11 is 5.57. The van der Waals surface area contributed by atoms with Crippen molar-refractivity contribution in [3.05, 3.63) is 97.6 Å². The number of fused-ring (bicyclic) bond motifs is 2. The zero-order chi connectivity index (χ0) is 28.0. The van der Waals surface area contributed by atoms with Crippen LogP contribution in [0, 0.1) is 5.92 Å². The standard InChI is InChI=1S/C28H21BrN4O5S2/c1-38-19-10-6-17(7-11-19)31-20(34)14-32-27-24(40-28(32)37)21(15-3-2-12-30-13-15)22-23(39-27)26(36)33(25(22)35)18-8-4-16(29)5-9-18/h2-13,21-23H,14H2,1H3,(H,31,34)/t21-,22?,23?/m1/s1. The maximum atomic E-state index is 13.9. The molecule has 0 saturated carbocycles. The summed E-state index contributed by atoms with van der Waals surface area (Å²) in [5.41, 5.74) is 1.78. The molecule has 202 valence electrons. The molecule has 12 heteroatoms. The first kappa shape index (κ1) is 26.5. The maximum absolute atomic E-state index is 13.9. The number of thiazole rings is 1. The lowest BCUT2D eigenvalue weighted by Crippen LogP contribution is -2.33. The van der Waals surface area contributed by atoms with Crippen molar-refractivity contribution < 1.29 is 19.1 Å². The van der Waals surface area contributed by atoms with Gasteiger partial charge >= 0.3 is 4.87 Å². The monoisotopic (exact) mass is 636 g/mol. The molecule has 0 spiro atoms. The Morgan fingerprint density at radius 2 is 1.80 bits per heavy atom. The molecule has 2 aliphatic rings. The molecule has 9 nitrogen and oxygen atoms in total. The number of carbonyl (C=O) groups is 3. The zero-order valence-electron chi connectivity index (χ0n) is 20.9. The average molecular weight is 638 g/mol. The normalized spacial score (nSPS) is 19.8. The fraction of sp³-hybridized carbons (Fsp3) is 0.179. The SMILES string of the molecule is COc1ccc(NC(=O)Cn2c3c(sc2=O)[C@H](c2cccnc2)C2C(=O)N(c4ccc(Br)cc4)C(=O)C2S3)cc1. The van der Waals surface area contributed by atoms with E-state index in [1.54, 1.807) is 74.1 Å². The van der Waals surface area contributed by atoms with Crippen LogP contribution in [0.25, 0.3) is 0 Å². The third-order valence-electron chi connectivity index (χ3n) is 6.85. The van der Waals surface area contributed by atoms with Gasteiger partial charge in [-0.2, -0.15) is 0 Å². The third-order valence-corrected chi connectivity index (χ3v) is 9.99. The highest BCUT2D eigenvalue weighted by Gasteiger charge is 2.56. The minimum atomic E-state index is -0.765. The number of halogens is 1. The Labute approximate surface area is 245 Å². The van der Waals surface area contributed by atoms with E-state index < -0.39 is 17.1 Å². The molecule has 40 heavy (non-hydrogen) atoms. The number of hydrogen-bond acceptors (Lipinski definition) is 8. The van der Waals surface area contributed by atoms with Gasteiger partial charge in [0.2, 0.25) is 17.7 Å². The highest BCUT2D eigenvalue weighted by molar-refractivity contribution is 9.10. The smallest absolute Gasteiger partial charge is 0.308 e. The number of amides is 3. The lowest BCUT2D eigenvalue weighted by atomic mass is 9.84. The number of nitrogens with one attached hydrogen (secondary N) is 1. The number of rotatable bonds is 6. The molecule has 4 aromatic rings. The first-order valence-corrected chi connectivity index (χ1v) is 14.7. The van der Waals surface area contributed by atoms with Crippen LogP contribution in [0.5, 0.6) is 5.75 Å². The quantitative estimate of drug-likeness (QED) is 0.310. The first-order valence-electron chi connectivity index (χ1n) is 12.2. The van der Waals surface area contributed by atoms with Crippen LogP contribution < -0.4 is 19.8 Å². The van der Waals surface area contributed by atoms with E-state index in [4.69, 9.17) is 4.74 Å². The van der Waals surface area contributed by atoms with Gasteiger partial charge in [-0.25, -0.2) is 4.90 Å². The number of thioether (sulfide) groups is 1. The molecule has 1 saturated heterocycles. The Balaban J connectivity index is 1.37. The zero-order valence-corrected chi connectivity index (χ0v) is 24.2. The molecule has 3 atom stereocenters. The summed E-state index contributed by atoms with van der Waals surface area (Å²) < 4.78 is 7.37. The largest absolute Gasteiger partial charge is 0.497 e. The number of aromatic nitrogens is 2. The maximum Gasteiger partial charge on any atom is 0.308 e. The minimum absolute atomic E-state index is 0.237. The van der Waals surface area contributed by atoms with Gasteiger partial charge in [0.25, 0.3) is 0 Å². The highest BCUT2D eigenvalue weighted by Crippen LogP contribution is 2.53. The fourth-order valence-electron chi connectivity index (χ4n) is 5.04. The second kappa shape index (κ2) is 10.7. The molecule has 0 radical (unpaired) electrons. The summed E-state index contributed by atoms with van der Waals surface area (Å²) in [7, 11) is 1.56. The summed E-state index contributed by atoms with van der Waals surface area (Å²) in [5, 5.41) is 2.56. The van der Waals surface area contributed by atoms with Crippen molar-refractivity contribution >= 4 is 68.1 Å². The lowest BCUT2D eigenvalue weighted by Gasteiger charge is -2.30. The minimum Gasteiger partial charge on any atom is -0.497 e. The molecule has 1 N–H and O–H groups in total. The van der Waals surface area contributed by atoms with E-state index in [0.29, 0.717) is 27.0 Å². The van der Waals surface area contributed by atoms with Crippen molar-refractivity contribution in [1.29, 1.82) is 0 Å². The summed E-state index contributed by atoms with van der Waals surface area (Å²) in [6.45, 7) is -0.237. The van der Waals surface area contributed by atoms with E-state index in [-0.39, 0.29) is 29.1 Å². The van der Waals surface area contributed by atoms with Gasteiger partial charge in [-0.3, -0.25) is 28.7 Å². The number of nitrogens with zero attached hydrogens (tertiary/aromatic N) is 3. The second-order valence-corrected chi connectivity index (χ2v) is 12.3. The van der Waals surface area contributed by atoms with Gasteiger partial charge < -0.3 is 10.1 Å². The van der Waals surface area contributed by atoms with Crippen LogP contribution in [0.15, 0.2) is 87.4 Å². The predicted molar refractivity (Wildman–Crippen MR) is 156 cm³/mol. The average Bonchev–Trinajstić information content (AvgIpc) is 3.40. The van der Waals surface area contributed by atoms with Crippen LogP contribution in [0.3, 0.4) is 0 Å². The first-order chi connectivity index (χ1) is 19.4. The Bertz CT molecular complexity index is 1670. The van der Waals surface area contributed by atoms with Crippen LogP contribution in [0.4, 0.5) is 11.4 Å². The molecular formula is C28H21BrN4O5S2. The van der Waals surface area contributed by atoms with Crippen molar-refractivity contribution in [3.8, 4) is 5.75 Å². The fourth-order valence-corrected chi connectivity index (χ4v) is 8.08. The molecule has 4 heterocycles. The van der Waals surface area contributed by atoms with Gasteiger partial charge in [0, 0.05) is 33.3 Å². The number of carbonyl (C=O) groups excluding carboxylic acids is 3. The van der Waals surface area contributed by atoms with E-state index in [1.807, 2.05) is 6.07 Å². The summed E-state index contributed by atoms with van der Waals surface area (Å²) in [6.07, 6.45) is 3.29. The molecule has 6 rings (SSSR count). The predicted octanol–water partition coefficient (Wildman–Crippen LogP) is 4.51. The van der Waals surface area contributed by atoms with Crippen LogP contribution in [-0.2, 0) is 20.9 Å². The van der Waals surface area contributed by atoms with E-state index in [0.717, 1.165) is 21.4 Å². The Hall–Kier alpha value is -3.74. The van der Waals surface area contributed by atoms with Crippen LogP contribution in [0.1, 0.15) is 16.4 Å². The summed E-state index contributed by atoms with van der Waals surface area (Å²) in [4.78, 5) is 59.6. The van der Waals surface area contributed by atoms with Crippen LogP contribution in [0.2, 0.25) is 0 Å². The van der Waals surface area contributed by atoms with Gasteiger partial charge in [-0.05, 0) is 60.2 Å². The van der Waals surface area contributed by atoms with Crippen molar-refractivity contribution in [2.75, 3.05) is 17.3 Å². The van der Waals surface area contributed by atoms with E-state index in [2.05, 4.69) is 26.2 Å². The van der Waals surface area contributed by atoms with Gasteiger partial charge in [-0.1, -0.05) is 45.1 Å². The number of ether oxygens (including phenoxy) is 1. The Morgan fingerprint density at radius 3 is 2.48 bits per heavy atom. The Kier molecular flexibility index (Phi) is 7.07. The summed E-state index contributed by atoms with van der Waals surface area (Å²) in [6, 6.07) is 17.5. The van der Waals surface area contributed by atoms with E-state index >= 15 is 0 Å². The number of pyridine rings is 1. The molecule has 0 aliphatic carbocycles. The Morgan fingerprint density at radius 1 is 1.05 bits per heavy atom. The summed E-state index contributed by atoms with van der Waals surface area (Å²) in [5.74, 6) is -1.70. The number of anilines is 2. The van der Waals surface area contributed by atoms with Crippen molar-refractivity contribution in [2.45, 2.75) is 22.7 Å². The van der Waals surface area contributed by atoms with Gasteiger partial charge in [0.15, 0.2) is 0 Å². The molecular weight excluding hydrogens is 616 g/mol. The number of imide groups is 1. The molecule has 1 fully saturated rings. The second-order valence-electron chi connectivity index (χ2n) is 9.22. The van der Waals surface area contributed by atoms with E-state index in [1.165, 1.54) is 21.2 Å². The molecule has 2 aromatic heterocycles. The molecule has 0 bridgehead atoms. The van der Waals surface area contributed by atoms with Gasteiger partial charge in [0.1, 0.15) is 17.5 Å². The topological polar surface area (TPSA) is 111 Å². The van der Waals surface area contributed by atoms with Crippen LogP contribution >= 0.6 is 39.0 Å². The van der Waals surface area contributed by atoms with E-state index in [9.17, 15) is 19.2 Å². The number of benzene rings is 2. The van der Waals surface area contributed by atoms with Gasteiger partial charge in [-0.15, -0.1) is 0 Å². The number of methoxy groups -OCH3 is 1. The lowest BCUT2D eigenvalue weighted by molar-refractivity contribution is -0.122. The van der Waals surface area contributed by atoms with Gasteiger partial charge in [0.05, 0.1) is 23.7 Å². The van der Waals surface area contributed by atoms with Crippen molar-refractivity contribution in [1.82, 2.24) is 9.55 Å². The highest BCUT2D eigenvalue weighted by atomic mass is 79.9. The third kappa shape index (κ3) is 4.65. The van der Waals surface area contributed by atoms with Crippen molar-refractivity contribution in [2.24, 2.45) is 5.92 Å². The molecule has 2 aliphatic heterocycles. The molecule has 2 aromatic carbocycles.